The highest BCUT2D eigenvalue weighted by Crippen LogP contribution is 2.12. The van der Waals surface area contributed by atoms with Crippen LogP contribution in [0.5, 0.6) is 0 Å². The number of likely N-dealkylation sites (N-methyl/N-ethyl adjacent to an activating group) is 1. The van der Waals surface area contributed by atoms with Crippen molar-refractivity contribution >= 4 is 11.8 Å². The second-order valence-electron chi connectivity index (χ2n) is 4.50. The lowest BCUT2D eigenvalue weighted by molar-refractivity contribution is -0.132. The van der Waals surface area contributed by atoms with Gasteiger partial charge in [-0.05, 0) is 12.0 Å². The summed E-state index contributed by atoms with van der Waals surface area (Å²) in [6, 6.07) is 7.96. The van der Waals surface area contributed by atoms with Crippen molar-refractivity contribution in [1.82, 2.24) is 10.2 Å². The zero-order valence-electron chi connectivity index (χ0n) is 10.3. The molecule has 2 amide bonds. The van der Waals surface area contributed by atoms with Gasteiger partial charge in [0, 0.05) is 13.6 Å². The Labute approximate surface area is 106 Å². The number of nitrogens with two attached hydrogens (primary N) is 1. The Bertz CT molecular complexity index is 447. The predicted octanol–water partition coefficient (Wildman–Crippen LogP) is 0.0333. The fourth-order valence-electron chi connectivity index (χ4n) is 2.03. The molecule has 1 heterocycles. The maximum absolute atomic E-state index is 11.9. The van der Waals surface area contributed by atoms with E-state index < -0.39 is 12.1 Å². The van der Waals surface area contributed by atoms with Crippen molar-refractivity contribution in [2.75, 3.05) is 13.6 Å². The van der Waals surface area contributed by atoms with Crippen LogP contribution in [-0.4, -0.2) is 36.3 Å². The van der Waals surface area contributed by atoms with Gasteiger partial charge in [0.25, 0.3) is 0 Å². The monoisotopic (exact) mass is 247 g/mol. The van der Waals surface area contributed by atoms with E-state index in [0.717, 1.165) is 5.56 Å². The molecule has 2 atom stereocenters. The predicted molar refractivity (Wildman–Crippen MR) is 67.6 cm³/mol. The second-order valence-corrected chi connectivity index (χ2v) is 4.50. The number of carbonyl (C=O) groups excluding carboxylic acids is 2. The van der Waals surface area contributed by atoms with Gasteiger partial charge in [-0.25, -0.2) is 0 Å². The van der Waals surface area contributed by atoms with Crippen LogP contribution in [0.15, 0.2) is 30.3 Å². The third-order valence-electron chi connectivity index (χ3n) is 3.19. The highest BCUT2D eigenvalue weighted by Gasteiger charge is 2.31. The molecule has 1 aromatic carbocycles. The highest BCUT2D eigenvalue weighted by molar-refractivity contribution is 5.91. The van der Waals surface area contributed by atoms with Gasteiger partial charge in [0.05, 0.1) is 0 Å². The summed E-state index contributed by atoms with van der Waals surface area (Å²) < 4.78 is 0. The summed E-state index contributed by atoms with van der Waals surface area (Å²) in [6.07, 6.45) is 0.641. The Morgan fingerprint density at radius 3 is 2.67 bits per heavy atom. The van der Waals surface area contributed by atoms with Gasteiger partial charge in [-0.1, -0.05) is 30.3 Å². The number of likely N-dealkylation sites (tertiary alicyclic amines) is 1. The molecule has 3 N–H and O–H groups in total. The molecular weight excluding hydrogens is 230 g/mol. The van der Waals surface area contributed by atoms with Gasteiger partial charge in [-0.2, -0.15) is 0 Å². The molecule has 5 heteroatoms. The topological polar surface area (TPSA) is 75.4 Å². The minimum atomic E-state index is -0.732. The van der Waals surface area contributed by atoms with Gasteiger partial charge in [0.15, 0.2) is 0 Å². The number of hydrogen-bond acceptors (Lipinski definition) is 3. The Kier molecular flexibility index (Phi) is 3.62. The first-order chi connectivity index (χ1) is 8.59. The van der Waals surface area contributed by atoms with E-state index in [4.69, 9.17) is 5.73 Å². The lowest BCUT2D eigenvalue weighted by Crippen LogP contribution is -2.44. The Morgan fingerprint density at radius 1 is 1.44 bits per heavy atom. The van der Waals surface area contributed by atoms with Gasteiger partial charge in [-0.3, -0.25) is 9.59 Å². The molecule has 1 saturated heterocycles. The summed E-state index contributed by atoms with van der Waals surface area (Å²) in [5, 5.41) is 2.70. The summed E-state index contributed by atoms with van der Waals surface area (Å²) in [7, 11) is 1.73. The van der Waals surface area contributed by atoms with E-state index in [0.29, 0.717) is 13.0 Å². The average molecular weight is 247 g/mol. The molecule has 18 heavy (non-hydrogen) atoms. The van der Waals surface area contributed by atoms with Crippen molar-refractivity contribution in [1.29, 1.82) is 0 Å². The standard InChI is InChI=1S/C13H17N3O2/c1-16-8-7-10(13(16)18)15-12(17)11(14)9-5-3-2-4-6-9/h2-6,10-11H,7-8,14H2,1H3,(H,15,17). The minimum Gasteiger partial charge on any atom is -0.344 e. The maximum Gasteiger partial charge on any atom is 0.244 e. The molecular formula is C13H17N3O2. The average Bonchev–Trinajstić information content (AvgIpc) is 2.71. The number of hydrogen-bond donors (Lipinski definition) is 2. The highest BCUT2D eigenvalue weighted by atomic mass is 16.2. The van der Waals surface area contributed by atoms with E-state index in [9.17, 15) is 9.59 Å². The third kappa shape index (κ3) is 2.51. The number of nitrogens with one attached hydrogen (secondary N) is 1. The van der Waals surface area contributed by atoms with Crippen molar-refractivity contribution in [3.8, 4) is 0 Å². The number of rotatable bonds is 3. The van der Waals surface area contributed by atoms with Crippen LogP contribution < -0.4 is 11.1 Å². The molecule has 2 rings (SSSR count). The first-order valence-corrected chi connectivity index (χ1v) is 5.95. The lowest BCUT2D eigenvalue weighted by atomic mass is 10.1. The minimum absolute atomic E-state index is 0.0522. The molecule has 96 valence electrons. The van der Waals surface area contributed by atoms with Gasteiger partial charge in [0.2, 0.25) is 11.8 Å². The van der Waals surface area contributed by atoms with E-state index in [1.165, 1.54) is 0 Å². The van der Waals surface area contributed by atoms with Gasteiger partial charge < -0.3 is 16.0 Å². The van der Waals surface area contributed by atoms with E-state index in [1.807, 2.05) is 18.2 Å². The SMILES string of the molecule is CN1CCC(NC(=O)C(N)c2ccccc2)C1=O. The zero-order chi connectivity index (χ0) is 13.1. The number of benzene rings is 1. The summed E-state index contributed by atoms with van der Waals surface area (Å²) >= 11 is 0. The van der Waals surface area contributed by atoms with Gasteiger partial charge in [0.1, 0.15) is 12.1 Å². The van der Waals surface area contributed by atoms with Crippen molar-refractivity contribution in [2.45, 2.75) is 18.5 Å². The van der Waals surface area contributed by atoms with Crippen molar-refractivity contribution in [3.05, 3.63) is 35.9 Å². The smallest absolute Gasteiger partial charge is 0.244 e. The maximum atomic E-state index is 11.9. The van der Waals surface area contributed by atoms with Gasteiger partial charge in [-0.15, -0.1) is 0 Å². The van der Waals surface area contributed by atoms with Crippen LogP contribution in [-0.2, 0) is 9.59 Å². The fraction of sp³-hybridized carbons (Fsp3) is 0.385. The van der Waals surface area contributed by atoms with Crippen molar-refractivity contribution < 1.29 is 9.59 Å². The third-order valence-corrected chi connectivity index (χ3v) is 3.19. The molecule has 5 nitrogen and oxygen atoms in total. The number of nitrogens with zero attached hydrogens (tertiary/aromatic N) is 1. The first-order valence-electron chi connectivity index (χ1n) is 5.95. The summed E-state index contributed by atoms with van der Waals surface area (Å²) in [6.45, 7) is 0.671. The van der Waals surface area contributed by atoms with E-state index >= 15 is 0 Å². The summed E-state index contributed by atoms with van der Waals surface area (Å²) in [5.41, 5.74) is 6.60. The van der Waals surface area contributed by atoms with Gasteiger partial charge >= 0.3 is 0 Å². The Hall–Kier alpha value is -1.88. The Balaban J connectivity index is 1.98. The van der Waals surface area contributed by atoms with Crippen LogP contribution in [0.4, 0.5) is 0 Å². The van der Waals surface area contributed by atoms with Crippen LogP contribution >= 0.6 is 0 Å². The van der Waals surface area contributed by atoms with Crippen LogP contribution in [0.2, 0.25) is 0 Å². The molecule has 0 radical (unpaired) electrons. The largest absolute Gasteiger partial charge is 0.344 e. The molecule has 1 aromatic rings. The van der Waals surface area contributed by atoms with Crippen molar-refractivity contribution in [2.24, 2.45) is 5.73 Å². The van der Waals surface area contributed by atoms with E-state index in [-0.39, 0.29) is 11.8 Å². The number of carbonyl (C=O) groups is 2. The van der Waals surface area contributed by atoms with Crippen molar-refractivity contribution in [3.63, 3.8) is 0 Å². The summed E-state index contributed by atoms with van der Waals surface area (Å²) in [4.78, 5) is 25.2. The molecule has 1 aliphatic heterocycles. The van der Waals surface area contributed by atoms with Crippen LogP contribution in [0.25, 0.3) is 0 Å². The molecule has 1 fully saturated rings. The normalized spacial score (nSPS) is 20.9. The van der Waals surface area contributed by atoms with Crippen LogP contribution in [0.3, 0.4) is 0 Å². The molecule has 0 saturated carbocycles. The van der Waals surface area contributed by atoms with Crippen LogP contribution in [0, 0.1) is 0 Å². The van der Waals surface area contributed by atoms with E-state index in [1.54, 1.807) is 24.1 Å². The quantitative estimate of drug-likeness (QED) is 0.791. The molecule has 0 aliphatic carbocycles. The molecule has 2 unspecified atom stereocenters. The zero-order valence-corrected chi connectivity index (χ0v) is 10.3. The molecule has 0 spiro atoms. The molecule has 0 aromatic heterocycles. The fourth-order valence-corrected chi connectivity index (χ4v) is 2.03. The lowest BCUT2D eigenvalue weighted by Gasteiger charge is -2.16. The first kappa shape index (κ1) is 12.6. The molecule has 0 bridgehead atoms. The molecule has 1 aliphatic rings. The van der Waals surface area contributed by atoms with E-state index in [2.05, 4.69) is 5.32 Å². The Morgan fingerprint density at radius 2 is 2.11 bits per heavy atom. The summed E-state index contributed by atoms with van der Waals surface area (Å²) in [5.74, 6) is -0.363. The number of amides is 2. The van der Waals surface area contributed by atoms with Crippen LogP contribution in [0.1, 0.15) is 18.0 Å². The second kappa shape index (κ2) is 5.18.